The van der Waals surface area contributed by atoms with E-state index in [-0.39, 0.29) is 5.95 Å². The van der Waals surface area contributed by atoms with Crippen molar-refractivity contribution in [1.82, 2.24) is 15.0 Å². The van der Waals surface area contributed by atoms with Gasteiger partial charge < -0.3 is 16.0 Å². The van der Waals surface area contributed by atoms with Gasteiger partial charge in [-0.25, -0.2) is 0 Å². The molecule has 0 fully saturated rings. The summed E-state index contributed by atoms with van der Waals surface area (Å²) in [6.07, 6.45) is 1.03. The minimum absolute atomic E-state index is 0.225. The van der Waals surface area contributed by atoms with Crippen molar-refractivity contribution in [2.45, 2.75) is 19.9 Å². The summed E-state index contributed by atoms with van der Waals surface area (Å²) >= 11 is 1.73. The van der Waals surface area contributed by atoms with E-state index in [1.54, 1.807) is 16.2 Å². The number of hydrogen-bond acceptors (Lipinski definition) is 7. The Labute approximate surface area is 116 Å². The largest absolute Gasteiger partial charge is 0.368 e. The van der Waals surface area contributed by atoms with Crippen LogP contribution in [0.15, 0.2) is 11.4 Å². The highest BCUT2D eigenvalue weighted by molar-refractivity contribution is 7.10. The van der Waals surface area contributed by atoms with E-state index in [4.69, 9.17) is 5.73 Å². The van der Waals surface area contributed by atoms with E-state index in [9.17, 15) is 0 Å². The van der Waals surface area contributed by atoms with Crippen molar-refractivity contribution in [3.05, 3.63) is 21.9 Å². The summed E-state index contributed by atoms with van der Waals surface area (Å²) in [5, 5.41) is 5.30. The topological polar surface area (TPSA) is 80.0 Å². The third-order valence-electron chi connectivity index (χ3n) is 2.67. The van der Waals surface area contributed by atoms with Gasteiger partial charge in [0.15, 0.2) is 0 Å². The summed E-state index contributed by atoms with van der Waals surface area (Å²) in [6.45, 7) is 2.85. The number of thiophene rings is 1. The number of hydrogen-bond donors (Lipinski definition) is 2. The van der Waals surface area contributed by atoms with Gasteiger partial charge in [0, 0.05) is 19.0 Å². The maximum absolute atomic E-state index is 5.68. The zero-order valence-electron chi connectivity index (χ0n) is 11.3. The molecule has 0 amide bonds. The van der Waals surface area contributed by atoms with Crippen LogP contribution in [-0.2, 0) is 13.0 Å². The monoisotopic (exact) mass is 278 g/mol. The summed E-state index contributed by atoms with van der Waals surface area (Å²) in [7, 11) is 3.74. The fraction of sp³-hybridized carbons (Fsp3) is 0.417. The molecule has 0 atom stereocenters. The van der Waals surface area contributed by atoms with Gasteiger partial charge in [-0.3, -0.25) is 0 Å². The average molecular weight is 278 g/mol. The number of aromatic nitrogens is 3. The van der Waals surface area contributed by atoms with Crippen LogP contribution in [0, 0.1) is 0 Å². The second-order valence-corrected chi connectivity index (χ2v) is 5.29. The summed E-state index contributed by atoms with van der Waals surface area (Å²) in [5.74, 6) is 1.28. The van der Waals surface area contributed by atoms with Gasteiger partial charge in [0.2, 0.25) is 17.8 Å². The third-order valence-corrected chi connectivity index (χ3v) is 3.63. The van der Waals surface area contributed by atoms with E-state index in [0.29, 0.717) is 18.4 Å². The lowest BCUT2D eigenvalue weighted by molar-refractivity contribution is 0.950. The van der Waals surface area contributed by atoms with Crippen LogP contribution in [0.5, 0.6) is 0 Å². The van der Waals surface area contributed by atoms with Gasteiger partial charge in [0.25, 0.3) is 0 Å². The molecule has 0 unspecified atom stereocenters. The Morgan fingerprint density at radius 3 is 2.79 bits per heavy atom. The van der Waals surface area contributed by atoms with Crippen LogP contribution in [0.3, 0.4) is 0 Å². The van der Waals surface area contributed by atoms with Crippen LogP contribution >= 0.6 is 11.3 Å². The second-order valence-electron chi connectivity index (χ2n) is 4.29. The summed E-state index contributed by atoms with van der Waals surface area (Å²) in [5.41, 5.74) is 7.03. The Kier molecular flexibility index (Phi) is 4.16. The van der Waals surface area contributed by atoms with Crippen molar-refractivity contribution in [1.29, 1.82) is 0 Å². The van der Waals surface area contributed by atoms with Gasteiger partial charge >= 0.3 is 0 Å². The van der Waals surface area contributed by atoms with E-state index in [2.05, 4.69) is 38.6 Å². The number of rotatable bonds is 5. The molecule has 0 radical (unpaired) electrons. The summed E-state index contributed by atoms with van der Waals surface area (Å²) in [6, 6.07) is 2.15. The summed E-state index contributed by atoms with van der Waals surface area (Å²) in [4.78, 5) is 15.6. The van der Waals surface area contributed by atoms with Crippen molar-refractivity contribution in [2.24, 2.45) is 0 Å². The number of nitrogens with two attached hydrogens (primary N) is 1. The average Bonchev–Trinajstić information content (AvgIpc) is 2.83. The highest BCUT2D eigenvalue weighted by Crippen LogP contribution is 2.18. The molecule has 2 aromatic heterocycles. The maximum atomic E-state index is 5.68. The first-order valence-electron chi connectivity index (χ1n) is 6.08. The molecule has 102 valence electrons. The predicted octanol–water partition coefficient (Wildman–Crippen LogP) is 1.76. The maximum Gasteiger partial charge on any atom is 0.231 e. The van der Waals surface area contributed by atoms with Crippen LogP contribution in [0.2, 0.25) is 0 Å². The Morgan fingerprint density at radius 1 is 1.32 bits per heavy atom. The molecule has 0 aliphatic carbocycles. The third kappa shape index (κ3) is 3.31. The Balaban J connectivity index is 2.11. The molecule has 3 N–H and O–H groups in total. The van der Waals surface area contributed by atoms with E-state index < -0.39 is 0 Å². The van der Waals surface area contributed by atoms with Crippen molar-refractivity contribution in [2.75, 3.05) is 30.0 Å². The van der Waals surface area contributed by atoms with E-state index in [0.717, 1.165) is 6.42 Å². The molecule has 0 saturated carbocycles. The number of nitrogens with zero attached hydrogens (tertiary/aromatic N) is 4. The van der Waals surface area contributed by atoms with Gasteiger partial charge in [-0.05, 0) is 23.4 Å². The van der Waals surface area contributed by atoms with E-state index in [1.807, 2.05) is 14.1 Å². The molecule has 0 aromatic carbocycles. The van der Waals surface area contributed by atoms with Crippen molar-refractivity contribution >= 4 is 29.2 Å². The first-order valence-corrected chi connectivity index (χ1v) is 6.96. The molecular weight excluding hydrogens is 260 g/mol. The Hall–Kier alpha value is -1.89. The molecule has 2 rings (SSSR count). The molecule has 2 heterocycles. The number of nitrogen functional groups attached to an aromatic ring is 1. The fourth-order valence-electron chi connectivity index (χ4n) is 1.66. The van der Waals surface area contributed by atoms with Gasteiger partial charge in [0.1, 0.15) is 0 Å². The number of nitrogens with one attached hydrogen (secondary N) is 1. The molecule has 2 aromatic rings. The van der Waals surface area contributed by atoms with Gasteiger partial charge in [-0.1, -0.05) is 6.92 Å². The van der Waals surface area contributed by atoms with Crippen molar-refractivity contribution in [3.8, 4) is 0 Å². The lowest BCUT2D eigenvalue weighted by Crippen LogP contribution is -2.16. The molecule has 0 bridgehead atoms. The normalized spacial score (nSPS) is 10.5. The number of anilines is 3. The SMILES string of the molecule is CCc1ccsc1CNc1nc(N)nc(N(C)C)n1. The van der Waals surface area contributed by atoms with Gasteiger partial charge in [-0.2, -0.15) is 15.0 Å². The standard InChI is InChI=1S/C12H18N6S/c1-4-8-5-6-19-9(8)7-14-11-15-10(13)16-12(17-11)18(2)3/h5-6H,4,7H2,1-3H3,(H3,13,14,15,16,17). The van der Waals surface area contributed by atoms with Crippen LogP contribution in [0.4, 0.5) is 17.8 Å². The lowest BCUT2D eigenvalue weighted by atomic mass is 10.2. The fourth-order valence-corrected chi connectivity index (χ4v) is 2.57. The molecule has 0 aliphatic rings. The zero-order chi connectivity index (χ0) is 13.8. The molecule has 6 nitrogen and oxygen atoms in total. The van der Waals surface area contributed by atoms with Crippen molar-refractivity contribution in [3.63, 3.8) is 0 Å². The second kappa shape index (κ2) is 5.83. The molecule has 19 heavy (non-hydrogen) atoms. The van der Waals surface area contributed by atoms with Crippen LogP contribution in [0.1, 0.15) is 17.4 Å². The Bertz CT molecular complexity index is 551. The number of aryl methyl sites for hydroxylation is 1. The minimum atomic E-state index is 0.225. The smallest absolute Gasteiger partial charge is 0.231 e. The molecule has 0 spiro atoms. The molecule has 0 aliphatic heterocycles. The van der Waals surface area contributed by atoms with E-state index in [1.165, 1.54) is 10.4 Å². The lowest BCUT2D eigenvalue weighted by Gasteiger charge is -2.12. The zero-order valence-corrected chi connectivity index (χ0v) is 12.2. The van der Waals surface area contributed by atoms with Crippen LogP contribution in [-0.4, -0.2) is 29.0 Å². The quantitative estimate of drug-likeness (QED) is 0.867. The Morgan fingerprint density at radius 2 is 2.11 bits per heavy atom. The van der Waals surface area contributed by atoms with Crippen LogP contribution in [0.25, 0.3) is 0 Å². The van der Waals surface area contributed by atoms with Gasteiger partial charge in [0.05, 0.1) is 6.54 Å². The molecule has 7 heteroatoms. The predicted molar refractivity (Wildman–Crippen MR) is 79.6 cm³/mol. The first-order chi connectivity index (χ1) is 9.10. The summed E-state index contributed by atoms with van der Waals surface area (Å²) < 4.78 is 0. The highest BCUT2D eigenvalue weighted by atomic mass is 32.1. The molecular formula is C12H18N6S. The van der Waals surface area contributed by atoms with Gasteiger partial charge in [-0.15, -0.1) is 11.3 Å². The first kappa shape index (κ1) is 13.5. The molecule has 0 saturated heterocycles. The van der Waals surface area contributed by atoms with Crippen molar-refractivity contribution < 1.29 is 0 Å². The van der Waals surface area contributed by atoms with E-state index >= 15 is 0 Å². The van der Waals surface area contributed by atoms with Crippen LogP contribution < -0.4 is 16.0 Å². The minimum Gasteiger partial charge on any atom is -0.368 e. The highest BCUT2D eigenvalue weighted by Gasteiger charge is 2.07.